The van der Waals surface area contributed by atoms with E-state index in [-0.39, 0.29) is 44.8 Å². The van der Waals surface area contributed by atoms with Crippen LogP contribution in [0, 0.1) is 52.6 Å². The van der Waals surface area contributed by atoms with Gasteiger partial charge in [-0.25, -0.2) is 0 Å². The van der Waals surface area contributed by atoms with Crippen molar-refractivity contribution in [1.82, 2.24) is 0 Å². The Hall–Kier alpha value is -1.25. The molecular weight excluding hydrogens is 494 g/mol. The van der Waals surface area contributed by atoms with Crippen LogP contribution in [0.5, 0.6) is 0 Å². The van der Waals surface area contributed by atoms with Crippen LogP contribution in [0.1, 0.15) is 25.7 Å². The molecule has 0 aromatic heterocycles. The average molecular weight is 512 g/mol. The van der Waals surface area contributed by atoms with Crippen molar-refractivity contribution in [3.8, 4) is 0 Å². The third-order valence-corrected chi connectivity index (χ3v) is 3.13. The van der Waals surface area contributed by atoms with E-state index in [1.54, 1.807) is 11.8 Å². The molecule has 29 heavy (non-hydrogen) atoms. The molecule has 0 fully saturated rings. The van der Waals surface area contributed by atoms with E-state index in [4.69, 9.17) is 34.5 Å². The summed E-state index contributed by atoms with van der Waals surface area (Å²) in [4.78, 5) is 10.8. The molecular formula is C18H18Co2O8S. The van der Waals surface area contributed by atoms with Crippen molar-refractivity contribution in [3.63, 3.8) is 0 Å². The van der Waals surface area contributed by atoms with Crippen LogP contribution in [0.4, 0.5) is 0 Å². The third-order valence-electron chi connectivity index (χ3n) is 1.93. The number of unbranched alkanes of at least 4 members (excludes halogenated alkanes) is 1. The Labute approximate surface area is 197 Å². The molecule has 8 nitrogen and oxygen atoms in total. The van der Waals surface area contributed by atoms with Gasteiger partial charge in [-0.15, -0.1) is 18.3 Å². The molecule has 0 aliphatic carbocycles. The van der Waals surface area contributed by atoms with Crippen molar-refractivity contribution in [3.05, 3.63) is 65.2 Å². The van der Waals surface area contributed by atoms with Gasteiger partial charge in [-0.05, 0) is 18.9 Å². The largest absolute Gasteiger partial charge is 0.469 e. The fourth-order valence-electron chi connectivity index (χ4n) is 1.10. The summed E-state index contributed by atoms with van der Waals surface area (Å²) in [5, 5.41) is 0.237. The average Bonchev–Trinajstić information content (AvgIpc) is 2.81. The summed E-state index contributed by atoms with van der Waals surface area (Å²) in [5.74, 6) is 0.734. The van der Waals surface area contributed by atoms with E-state index in [0.717, 1.165) is 25.0 Å². The zero-order chi connectivity index (χ0) is 23.5. The Kier molecular flexibility index (Phi) is 183. The Morgan fingerprint density at radius 3 is 1.66 bits per heavy atom. The first-order valence-corrected chi connectivity index (χ1v) is 7.27. The number of ether oxygens (including phenoxy) is 1. The molecule has 0 spiro atoms. The number of carbonyl (C=O) groups is 1. The maximum absolute atomic E-state index is 10.8. The van der Waals surface area contributed by atoms with Crippen LogP contribution < -0.4 is 0 Å². The molecule has 0 saturated heterocycles. The van der Waals surface area contributed by atoms with E-state index < -0.39 is 0 Å². The Morgan fingerprint density at radius 1 is 1.00 bits per heavy atom. The van der Waals surface area contributed by atoms with Crippen molar-refractivity contribution in [2.45, 2.75) is 30.9 Å². The molecule has 0 heterocycles. The van der Waals surface area contributed by atoms with Gasteiger partial charge in [-0.3, -0.25) is 4.79 Å². The number of hydrogen-bond donors (Lipinski definition) is 0. The first kappa shape index (κ1) is 56.5. The van der Waals surface area contributed by atoms with E-state index in [1.165, 1.54) is 7.11 Å². The van der Waals surface area contributed by atoms with Crippen LogP contribution in [-0.4, -0.2) is 24.1 Å². The van der Waals surface area contributed by atoms with Gasteiger partial charge in [0.2, 0.25) is 0 Å². The first-order valence-electron chi connectivity index (χ1n) is 6.22. The fourth-order valence-corrected chi connectivity index (χ4v) is 1.90. The predicted octanol–water partition coefficient (Wildman–Crippen LogP) is 2.57. The fraction of sp³-hybridized carbons (Fsp3) is 0.389. The second-order valence-corrected chi connectivity index (χ2v) is 4.33. The maximum Gasteiger partial charge on any atom is 0.305 e. The molecule has 0 aromatic rings. The van der Waals surface area contributed by atoms with E-state index in [1.807, 2.05) is 6.08 Å². The minimum Gasteiger partial charge on any atom is -0.469 e. The summed E-state index contributed by atoms with van der Waals surface area (Å²) < 4.78 is 49.6. The van der Waals surface area contributed by atoms with E-state index in [0.29, 0.717) is 6.42 Å². The molecule has 0 N–H and O–H groups in total. The van der Waals surface area contributed by atoms with Crippen LogP contribution in [0.2, 0.25) is 0 Å². The number of methoxy groups -OCH3 is 1. The van der Waals surface area contributed by atoms with Gasteiger partial charge >= 0.3 is 73.8 Å². The Bertz CT molecular complexity index is 383. The van der Waals surface area contributed by atoms with Gasteiger partial charge < -0.3 is 4.74 Å². The van der Waals surface area contributed by atoms with Gasteiger partial charge in [0.25, 0.3) is 0 Å². The van der Waals surface area contributed by atoms with Crippen molar-refractivity contribution in [2.24, 2.45) is 0 Å². The van der Waals surface area contributed by atoms with Crippen molar-refractivity contribution in [2.75, 3.05) is 12.9 Å². The number of carbonyl (C=O) groups excluding carboxylic acids is 1. The van der Waals surface area contributed by atoms with Crippen molar-refractivity contribution < 1.29 is 71.0 Å². The van der Waals surface area contributed by atoms with E-state index in [2.05, 4.69) is 57.3 Å². The van der Waals surface area contributed by atoms with Crippen LogP contribution in [0.15, 0.2) is 12.7 Å². The molecule has 0 bridgehead atoms. The number of rotatable bonds is 9. The number of esters is 1. The number of hydrogen-bond acceptors (Lipinski definition) is 3. The van der Waals surface area contributed by atoms with Gasteiger partial charge in [0.15, 0.2) is 0 Å². The summed E-state index contributed by atoms with van der Waals surface area (Å²) >= 11 is 1.72. The molecule has 1 unspecified atom stereocenters. The predicted molar refractivity (Wildman–Crippen MR) is 88.0 cm³/mol. The minimum absolute atomic E-state index is 0. The summed E-state index contributed by atoms with van der Waals surface area (Å²) in [6.07, 6.45) is 7.84. The summed E-state index contributed by atoms with van der Waals surface area (Å²) in [7, 11) is 1.41. The van der Waals surface area contributed by atoms with Crippen LogP contribution >= 0.6 is 11.8 Å². The van der Waals surface area contributed by atoms with Gasteiger partial charge in [-0.1, -0.05) is 19.1 Å². The SMILES string of the molecule is [C-]#[O+].[C-]#[O+].[C-]#[O+].[C-]#[O+].[C-]#[O+].[C-]#[O+].[CH]=[C]C(CCCCC(=O)OC)SCC=C.[Co].[Co]. The molecule has 0 saturated carbocycles. The summed E-state index contributed by atoms with van der Waals surface area (Å²) in [6, 6.07) is 0. The minimum atomic E-state index is -0.147. The molecule has 0 amide bonds. The molecule has 1 atom stereocenters. The molecule has 0 aromatic carbocycles. The van der Waals surface area contributed by atoms with Gasteiger partial charge in [0.1, 0.15) is 0 Å². The van der Waals surface area contributed by atoms with Gasteiger partial charge in [-0.2, -0.15) is 0 Å². The van der Waals surface area contributed by atoms with Gasteiger partial charge in [0.05, 0.1) is 7.11 Å². The monoisotopic (exact) mass is 512 g/mol. The molecule has 0 aliphatic heterocycles. The Balaban J connectivity index is -0.0000000349. The molecule has 162 valence electrons. The van der Waals surface area contributed by atoms with Crippen LogP contribution in [-0.2, 0) is 71.0 Å². The molecule has 4 radical (unpaired) electrons. The van der Waals surface area contributed by atoms with E-state index in [9.17, 15) is 4.79 Å². The smallest absolute Gasteiger partial charge is 0.305 e. The zero-order valence-corrected chi connectivity index (χ0v) is 18.2. The van der Waals surface area contributed by atoms with Crippen molar-refractivity contribution >= 4 is 17.7 Å². The molecule has 0 rings (SSSR count). The quantitative estimate of drug-likeness (QED) is 0.154. The maximum atomic E-state index is 10.8. The Morgan fingerprint density at radius 2 is 1.38 bits per heavy atom. The standard InChI is InChI=1S/C12H18O2S.6CO.2Co/c1-4-10-15-11(5-2)8-6-7-9-12(13)14-3;6*1-2;;/h2,4,11H,1,6-10H2,3H3;;;;;;;;. The second-order valence-electron chi connectivity index (χ2n) is 3.10. The number of thioether (sulfide) groups is 1. The van der Waals surface area contributed by atoms with E-state index >= 15 is 0 Å². The van der Waals surface area contributed by atoms with Gasteiger partial charge in [0, 0.05) is 51.0 Å². The topological polar surface area (TPSA) is 146 Å². The zero-order valence-electron chi connectivity index (χ0n) is 15.3. The second kappa shape index (κ2) is 93.8. The third kappa shape index (κ3) is 86.7. The first-order chi connectivity index (χ1) is 13.2. The van der Waals surface area contributed by atoms with Crippen molar-refractivity contribution in [1.29, 1.82) is 0 Å². The normalized spacial score (nSPS) is 6.52. The van der Waals surface area contributed by atoms with Crippen LogP contribution in [0.3, 0.4) is 0 Å². The molecule has 0 aliphatic rings. The van der Waals surface area contributed by atoms with Crippen LogP contribution in [0.25, 0.3) is 0 Å². The summed E-state index contributed by atoms with van der Waals surface area (Å²) in [6.45, 7) is 36.0. The molecule has 11 heteroatoms. The summed E-state index contributed by atoms with van der Waals surface area (Å²) in [5.41, 5.74) is 0.